The lowest BCUT2D eigenvalue weighted by molar-refractivity contribution is -0.132. The van der Waals surface area contributed by atoms with E-state index in [1.54, 1.807) is 12.0 Å². The first-order chi connectivity index (χ1) is 13.9. The van der Waals surface area contributed by atoms with Crippen LogP contribution >= 0.6 is 0 Å². The van der Waals surface area contributed by atoms with Crippen LogP contribution in [0, 0.1) is 0 Å². The molecule has 2 aromatic carbocycles. The summed E-state index contributed by atoms with van der Waals surface area (Å²) in [5.74, 6) is 0.925. The number of hydrogen-bond acceptors (Lipinski definition) is 3. The number of amides is 1. The summed E-state index contributed by atoms with van der Waals surface area (Å²) >= 11 is 0. The van der Waals surface area contributed by atoms with Crippen LogP contribution in [0.1, 0.15) is 18.9 Å². The van der Waals surface area contributed by atoms with Gasteiger partial charge in [0.1, 0.15) is 5.75 Å². The van der Waals surface area contributed by atoms with Gasteiger partial charge in [0.2, 0.25) is 5.91 Å². The third kappa shape index (κ3) is 6.31. The van der Waals surface area contributed by atoms with Gasteiger partial charge < -0.3 is 14.7 Å². The summed E-state index contributed by atoms with van der Waals surface area (Å²) in [4.78, 5) is 15.0. The molecular formula is C24H33NO3Si. The molecule has 29 heavy (non-hydrogen) atoms. The Morgan fingerprint density at radius 2 is 1.79 bits per heavy atom. The Morgan fingerprint density at radius 1 is 1.14 bits per heavy atom. The van der Waals surface area contributed by atoms with E-state index in [9.17, 15) is 9.90 Å². The summed E-state index contributed by atoms with van der Waals surface area (Å²) in [6.07, 6.45) is 4.67. The Labute approximate surface area is 175 Å². The first-order valence-corrected chi connectivity index (χ1v) is 13.2. The number of carbonyl (C=O) groups is 1. The number of hydrogen-bond donors (Lipinski definition) is 1. The lowest BCUT2D eigenvalue weighted by atomic mass is 10.2. The highest BCUT2D eigenvalue weighted by Gasteiger charge is 2.34. The van der Waals surface area contributed by atoms with Gasteiger partial charge in [0, 0.05) is 19.5 Å². The van der Waals surface area contributed by atoms with Crippen LogP contribution in [0.3, 0.4) is 0 Å². The van der Waals surface area contributed by atoms with Gasteiger partial charge in [-0.25, -0.2) is 0 Å². The van der Waals surface area contributed by atoms with E-state index in [0.717, 1.165) is 11.3 Å². The molecule has 0 bridgehead atoms. The number of allylic oxidation sites excluding steroid dienone is 2. The normalized spacial score (nSPS) is 12.7. The molecular weight excluding hydrogens is 378 g/mol. The summed E-state index contributed by atoms with van der Waals surface area (Å²) in [5.41, 5.74) is 1.24. The number of nitrogens with zero attached hydrogens (tertiary/aromatic N) is 1. The molecule has 0 saturated heterocycles. The molecule has 2 rings (SSSR count). The predicted octanol–water partition coefficient (Wildman–Crippen LogP) is 3.97. The van der Waals surface area contributed by atoms with Crippen LogP contribution < -0.4 is 9.92 Å². The Morgan fingerprint density at radius 3 is 2.34 bits per heavy atom. The van der Waals surface area contributed by atoms with Crippen molar-refractivity contribution < 1.29 is 14.6 Å². The fraction of sp³-hybridized carbons (Fsp3) is 0.375. The number of aliphatic hydroxyl groups is 1. The van der Waals surface area contributed by atoms with E-state index in [4.69, 9.17) is 4.74 Å². The van der Waals surface area contributed by atoms with Gasteiger partial charge >= 0.3 is 0 Å². The third-order valence-electron chi connectivity index (χ3n) is 5.52. The van der Waals surface area contributed by atoms with Crippen LogP contribution in [0.5, 0.6) is 5.75 Å². The molecule has 1 N–H and O–H groups in total. The summed E-state index contributed by atoms with van der Waals surface area (Å²) in [5, 5.41) is 10.8. The second-order valence-electron chi connectivity index (χ2n) is 7.81. The zero-order valence-corrected chi connectivity index (χ0v) is 19.0. The average Bonchev–Trinajstić information content (AvgIpc) is 2.73. The number of methoxy groups -OCH3 is 1. The molecule has 1 atom stereocenters. The van der Waals surface area contributed by atoms with Gasteiger partial charge in [0.15, 0.2) is 0 Å². The number of carbonyl (C=O) groups excluding carboxylic acids is 1. The zero-order chi connectivity index (χ0) is 21.3. The molecule has 0 aliphatic heterocycles. The Bertz CT molecular complexity index is 788. The fourth-order valence-electron chi connectivity index (χ4n) is 3.56. The number of rotatable bonds is 10. The Hall–Kier alpha value is -2.37. The van der Waals surface area contributed by atoms with E-state index < -0.39 is 8.07 Å². The molecule has 4 nitrogen and oxygen atoms in total. The van der Waals surface area contributed by atoms with Crippen LogP contribution in [-0.2, 0) is 11.3 Å². The molecule has 0 aliphatic carbocycles. The zero-order valence-electron chi connectivity index (χ0n) is 18.0. The fourth-order valence-corrected chi connectivity index (χ4v) is 6.38. The predicted molar refractivity (Wildman–Crippen MR) is 122 cm³/mol. The molecule has 1 amide bonds. The lowest BCUT2D eigenvalue weighted by Crippen LogP contribution is -2.47. The van der Waals surface area contributed by atoms with Crippen molar-refractivity contribution in [3.05, 3.63) is 72.3 Å². The summed E-state index contributed by atoms with van der Waals surface area (Å²) < 4.78 is 5.29. The monoisotopic (exact) mass is 411 g/mol. The van der Waals surface area contributed by atoms with E-state index >= 15 is 0 Å². The van der Waals surface area contributed by atoms with E-state index in [2.05, 4.69) is 31.3 Å². The number of benzene rings is 2. The van der Waals surface area contributed by atoms with Crippen molar-refractivity contribution in [1.29, 1.82) is 0 Å². The van der Waals surface area contributed by atoms with Gasteiger partial charge in [0.25, 0.3) is 0 Å². The molecule has 0 radical (unpaired) electrons. The van der Waals surface area contributed by atoms with Gasteiger partial charge in [-0.15, -0.1) is 0 Å². The molecule has 0 aromatic heterocycles. The minimum Gasteiger partial charge on any atom is -0.497 e. The SMILES string of the molecule is C/C=C/[C@@H](CC(=O)N(CCO)Cc1ccccc1)[Si](C)(C)c1ccc(OC)cc1. The minimum absolute atomic E-state index is 0.0356. The van der Waals surface area contributed by atoms with E-state index in [1.165, 1.54) is 5.19 Å². The molecule has 156 valence electrons. The molecule has 0 heterocycles. The van der Waals surface area contributed by atoms with Crippen LogP contribution in [0.2, 0.25) is 18.6 Å². The van der Waals surface area contributed by atoms with Crippen molar-refractivity contribution in [1.82, 2.24) is 4.90 Å². The first-order valence-electron chi connectivity index (χ1n) is 10.1. The summed E-state index contributed by atoms with van der Waals surface area (Å²) in [6.45, 7) is 7.45. The van der Waals surface area contributed by atoms with Gasteiger partial charge in [-0.3, -0.25) is 4.79 Å². The van der Waals surface area contributed by atoms with Crippen molar-refractivity contribution in [2.24, 2.45) is 0 Å². The molecule has 0 fully saturated rings. The topological polar surface area (TPSA) is 49.8 Å². The maximum Gasteiger partial charge on any atom is 0.223 e. The van der Waals surface area contributed by atoms with Crippen LogP contribution in [0.25, 0.3) is 0 Å². The van der Waals surface area contributed by atoms with Crippen molar-refractivity contribution in [2.45, 2.75) is 38.5 Å². The van der Waals surface area contributed by atoms with Gasteiger partial charge in [0.05, 0.1) is 21.8 Å². The van der Waals surface area contributed by atoms with Crippen LogP contribution in [-0.4, -0.2) is 44.2 Å². The van der Waals surface area contributed by atoms with Crippen molar-refractivity contribution in [3.8, 4) is 5.75 Å². The Balaban J connectivity index is 2.20. The smallest absolute Gasteiger partial charge is 0.223 e. The van der Waals surface area contributed by atoms with Crippen molar-refractivity contribution >= 4 is 19.2 Å². The van der Waals surface area contributed by atoms with Gasteiger partial charge in [-0.05, 0) is 30.2 Å². The lowest BCUT2D eigenvalue weighted by Gasteiger charge is -2.33. The van der Waals surface area contributed by atoms with Gasteiger partial charge in [-0.1, -0.05) is 72.9 Å². The third-order valence-corrected chi connectivity index (χ3v) is 9.59. The summed E-state index contributed by atoms with van der Waals surface area (Å²) in [6, 6.07) is 18.2. The second-order valence-corrected chi connectivity index (χ2v) is 12.6. The number of aliphatic hydroxyl groups excluding tert-OH is 1. The quantitative estimate of drug-likeness (QED) is 0.475. The van der Waals surface area contributed by atoms with E-state index in [0.29, 0.717) is 19.5 Å². The second kappa shape index (κ2) is 11.0. The highest BCUT2D eigenvalue weighted by Crippen LogP contribution is 2.29. The summed E-state index contributed by atoms with van der Waals surface area (Å²) in [7, 11) is -0.274. The highest BCUT2D eigenvalue weighted by molar-refractivity contribution is 6.91. The van der Waals surface area contributed by atoms with E-state index in [1.807, 2.05) is 55.5 Å². The van der Waals surface area contributed by atoms with Gasteiger partial charge in [-0.2, -0.15) is 0 Å². The van der Waals surface area contributed by atoms with Crippen LogP contribution in [0.4, 0.5) is 0 Å². The van der Waals surface area contributed by atoms with E-state index in [-0.39, 0.29) is 18.1 Å². The Kier molecular flexibility index (Phi) is 8.67. The first kappa shape index (κ1) is 22.9. The molecule has 5 heteroatoms. The average molecular weight is 412 g/mol. The minimum atomic E-state index is -1.94. The molecule has 0 unspecified atom stereocenters. The molecule has 0 spiro atoms. The highest BCUT2D eigenvalue weighted by atomic mass is 28.3. The standard InChI is InChI=1S/C24H33NO3Si/c1-5-9-23(29(3,4)22-14-12-21(28-2)13-15-22)18-24(27)25(16-17-26)19-20-10-7-6-8-11-20/h5-15,23,26H,16-19H2,1-4H3/b9-5+/t23-/m0/s1. The molecule has 0 aliphatic rings. The molecule has 0 saturated carbocycles. The van der Waals surface area contributed by atoms with Crippen molar-refractivity contribution in [2.75, 3.05) is 20.3 Å². The maximum atomic E-state index is 13.2. The number of ether oxygens (including phenoxy) is 1. The van der Waals surface area contributed by atoms with Crippen molar-refractivity contribution in [3.63, 3.8) is 0 Å². The largest absolute Gasteiger partial charge is 0.497 e. The molecule has 2 aromatic rings. The van der Waals surface area contributed by atoms with Crippen LogP contribution in [0.15, 0.2) is 66.7 Å². The maximum absolute atomic E-state index is 13.2.